The minimum atomic E-state index is -0.283. The molecule has 0 unspecified atom stereocenters. The van der Waals surface area contributed by atoms with Gasteiger partial charge in [0.1, 0.15) is 0 Å². The van der Waals surface area contributed by atoms with Gasteiger partial charge in [-0.05, 0) is 24.1 Å². The minimum absolute atomic E-state index is 0.0207. The molecule has 1 aromatic rings. The van der Waals surface area contributed by atoms with Crippen LogP contribution in [-0.4, -0.2) is 64.3 Å². The van der Waals surface area contributed by atoms with Crippen molar-refractivity contribution in [2.75, 3.05) is 47.6 Å². The number of methoxy groups -OCH3 is 3. The second-order valence-electron chi connectivity index (χ2n) is 5.96. The van der Waals surface area contributed by atoms with E-state index in [1.165, 1.54) is 0 Å². The first-order valence-electron chi connectivity index (χ1n) is 8.34. The fourth-order valence-electron chi connectivity index (χ4n) is 2.88. The molecule has 0 aliphatic carbocycles. The van der Waals surface area contributed by atoms with Crippen molar-refractivity contribution in [1.29, 1.82) is 0 Å². The van der Waals surface area contributed by atoms with Crippen LogP contribution >= 0.6 is 0 Å². The third-order valence-electron chi connectivity index (χ3n) is 4.31. The molecular weight excluding hydrogens is 324 g/mol. The van der Waals surface area contributed by atoms with Crippen LogP contribution in [-0.2, 0) is 20.7 Å². The van der Waals surface area contributed by atoms with E-state index >= 15 is 0 Å². The number of rotatable bonds is 9. The molecule has 2 rings (SSSR count). The molecule has 1 aromatic carbocycles. The van der Waals surface area contributed by atoms with Crippen molar-refractivity contribution in [3.63, 3.8) is 0 Å². The van der Waals surface area contributed by atoms with Gasteiger partial charge < -0.3 is 24.4 Å². The van der Waals surface area contributed by atoms with Crippen LogP contribution in [0.2, 0.25) is 0 Å². The lowest BCUT2D eigenvalue weighted by atomic mass is 10.1. The zero-order valence-corrected chi connectivity index (χ0v) is 15.0. The molecule has 1 aliphatic heterocycles. The van der Waals surface area contributed by atoms with Crippen LogP contribution < -0.4 is 14.8 Å². The van der Waals surface area contributed by atoms with Gasteiger partial charge in [-0.1, -0.05) is 6.07 Å². The van der Waals surface area contributed by atoms with E-state index in [-0.39, 0.29) is 24.2 Å². The van der Waals surface area contributed by atoms with Crippen LogP contribution in [0.25, 0.3) is 0 Å². The zero-order chi connectivity index (χ0) is 18.2. The molecule has 0 saturated carbocycles. The molecule has 0 spiro atoms. The van der Waals surface area contributed by atoms with Crippen LogP contribution in [0, 0.1) is 5.92 Å². The number of amides is 2. The second-order valence-corrected chi connectivity index (χ2v) is 5.96. The number of carbonyl (C=O) groups is 2. The molecule has 1 atom stereocenters. The Kier molecular flexibility index (Phi) is 7.06. The molecule has 1 heterocycles. The normalized spacial score (nSPS) is 16.8. The molecular formula is C18H26N2O5. The van der Waals surface area contributed by atoms with Gasteiger partial charge in [0.25, 0.3) is 0 Å². The van der Waals surface area contributed by atoms with Crippen molar-refractivity contribution < 1.29 is 23.8 Å². The van der Waals surface area contributed by atoms with Crippen LogP contribution in [0.15, 0.2) is 18.2 Å². The second kappa shape index (κ2) is 9.27. The summed E-state index contributed by atoms with van der Waals surface area (Å²) in [6.07, 6.45) is 0.967. The number of likely N-dealkylation sites (tertiary alicyclic amines) is 1. The maximum Gasteiger partial charge on any atom is 0.225 e. The fraction of sp³-hybridized carbons (Fsp3) is 0.556. The van der Waals surface area contributed by atoms with Crippen molar-refractivity contribution in [3.05, 3.63) is 23.8 Å². The van der Waals surface area contributed by atoms with Crippen molar-refractivity contribution >= 4 is 11.8 Å². The number of hydrogen-bond donors (Lipinski definition) is 1. The molecule has 0 radical (unpaired) electrons. The third-order valence-corrected chi connectivity index (χ3v) is 4.31. The van der Waals surface area contributed by atoms with Gasteiger partial charge in [0, 0.05) is 33.2 Å². The molecule has 1 fully saturated rings. The van der Waals surface area contributed by atoms with E-state index in [9.17, 15) is 9.59 Å². The summed E-state index contributed by atoms with van der Waals surface area (Å²) in [5, 5.41) is 2.79. The highest BCUT2D eigenvalue weighted by molar-refractivity contribution is 5.89. The SMILES string of the molecule is COCCNC(=O)[C@H]1CC(=O)N(CCc2ccc(OC)c(OC)c2)C1. The summed E-state index contributed by atoms with van der Waals surface area (Å²) in [5.74, 6) is 1.00. The quantitative estimate of drug-likeness (QED) is 0.669. The summed E-state index contributed by atoms with van der Waals surface area (Å²) < 4.78 is 15.4. The Bertz CT molecular complexity index is 605. The van der Waals surface area contributed by atoms with Crippen LogP contribution in [0.4, 0.5) is 0 Å². The summed E-state index contributed by atoms with van der Waals surface area (Å²) in [4.78, 5) is 26.0. The van der Waals surface area contributed by atoms with Gasteiger partial charge in [-0.2, -0.15) is 0 Å². The summed E-state index contributed by atoms with van der Waals surface area (Å²) in [7, 11) is 4.78. The lowest BCUT2D eigenvalue weighted by molar-refractivity contribution is -0.129. The Labute approximate surface area is 148 Å². The van der Waals surface area contributed by atoms with E-state index in [0.717, 1.165) is 5.56 Å². The molecule has 1 aliphatic rings. The molecule has 0 bridgehead atoms. The first kappa shape index (κ1) is 19.1. The number of nitrogens with zero attached hydrogens (tertiary/aromatic N) is 1. The number of ether oxygens (including phenoxy) is 3. The summed E-state index contributed by atoms with van der Waals surface area (Å²) in [5.41, 5.74) is 1.05. The Hall–Kier alpha value is -2.28. The highest BCUT2D eigenvalue weighted by Gasteiger charge is 2.33. The monoisotopic (exact) mass is 350 g/mol. The van der Waals surface area contributed by atoms with Crippen molar-refractivity contribution in [3.8, 4) is 11.5 Å². The van der Waals surface area contributed by atoms with E-state index in [1.54, 1.807) is 26.2 Å². The lowest BCUT2D eigenvalue weighted by Crippen LogP contribution is -2.35. The largest absolute Gasteiger partial charge is 0.493 e. The Morgan fingerprint density at radius 1 is 1.24 bits per heavy atom. The summed E-state index contributed by atoms with van der Waals surface area (Å²) in [6, 6.07) is 5.72. The van der Waals surface area contributed by atoms with Crippen LogP contribution in [0.1, 0.15) is 12.0 Å². The predicted octanol–water partition coefficient (Wildman–Crippen LogP) is 0.857. The van der Waals surface area contributed by atoms with Crippen LogP contribution in [0.3, 0.4) is 0 Å². The number of carbonyl (C=O) groups excluding carboxylic acids is 2. The van der Waals surface area contributed by atoms with E-state index in [4.69, 9.17) is 14.2 Å². The maximum atomic E-state index is 12.1. The Morgan fingerprint density at radius 2 is 2.00 bits per heavy atom. The highest BCUT2D eigenvalue weighted by atomic mass is 16.5. The Morgan fingerprint density at radius 3 is 2.68 bits per heavy atom. The van der Waals surface area contributed by atoms with Gasteiger partial charge in [0.05, 0.1) is 26.7 Å². The van der Waals surface area contributed by atoms with Crippen LogP contribution in [0.5, 0.6) is 11.5 Å². The smallest absolute Gasteiger partial charge is 0.225 e. The first-order valence-corrected chi connectivity index (χ1v) is 8.34. The summed E-state index contributed by atoms with van der Waals surface area (Å²) in [6.45, 7) is 1.97. The lowest BCUT2D eigenvalue weighted by Gasteiger charge is -2.17. The van der Waals surface area contributed by atoms with Gasteiger partial charge in [-0.3, -0.25) is 9.59 Å². The van der Waals surface area contributed by atoms with E-state index < -0.39 is 0 Å². The molecule has 7 heteroatoms. The van der Waals surface area contributed by atoms with Crippen molar-refractivity contribution in [2.45, 2.75) is 12.8 Å². The van der Waals surface area contributed by atoms with E-state index in [2.05, 4.69) is 5.32 Å². The first-order chi connectivity index (χ1) is 12.1. The Balaban J connectivity index is 1.87. The van der Waals surface area contributed by atoms with Gasteiger partial charge in [-0.15, -0.1) is 0 Å². The number of hydrogen-bond acceptors (Lipinski definition) is 5. The van der Waals surface area contributed by atoms with Crippen molar-refractivity contribution in [2.24, 2.45) is 5.92 Å². The predicted molar refractivity (Wildman–Crippen MR) is 92.8 cm³/mol. The molecule has 1 N–H and O–H groups in total. The molecule has 7 nitrogen and oxygen atoms in total. The molecule has 138 valence electrons. The third kappa shape index (κ3) is 5.09. The average molecular weight is 350 g/mol. The van der Waals surface area contributed by atoms with Gasteiger partial charge in [0.15, 0.2) is 11.5 Å². The van der Waals surface area contributed by atoms with Gasteiger partial charge in [-0.25, -0.2) is 0 Å². The standard InChI is InChI=1S/C18H26N2O5/c1-23-9-7-19-18(22)14-11-17(21)20(12-14)8-6-13-4-5-15(24-2)16(10-13)25-3/h4-5,10,14H,6-9,11-12H2,1-3H3,(H,19,22)/t14-/m0/s1. The fourth-order valence-corrected chi connectivity index (χ4v) is 2.88. The maximum absolute atomic E-state index is 12.1. The minimum Gasteiger partial charge on any atom is -0.493 e. The highest BCUT2D eigenvalue weighted by Crippen LogP contribution is 2.28. The molecule has 0 aromatic heterocycles. The molecule has 1 saturated heterocycles. The average Bonchev–Trinajstić information content (AvgIpc) is 3.00. The zero-order valence-electron chi connectivity index (χ0n) is 15.0. The van der Waals surface area contributed by atoms with Gasteiger partial charge in [0.2, 0.25) is 11.8 Å². The topological polar surface area (TPSA) is 77.1 Å². The number of benzene rings is 1. The van der Waals surface area contributed by atoms with E-state index in [1.807, 2.05) is 18.2 Å². The van der Waals surface area contributed by atoms with Crippen molar-refractivity contribution in [1.82, 2.24) is 10.2 Å². The van der Waals surface area contributed by atoms with Gasteiger partial charge >= 0.3 is 0 Å². The summed E-state index contributed by atoms with van der Waals surface area (Å²) >= 11 is 0. The van der Waals surface area contributed by atoms with E-state index in [0.29, 0.717) is 44.2 Å². The molecule has 2 amide bonds. The number of nitrogens with one attached hydrogen (secondary N) is 1. The molecule has 25 heavy (non-hydrogen) atoms.